The van der Waals surface area contributed by atoms with Crippen LogP contribution in [0.5, 0.6) is 11.5 Å². The van der Waals surface area contributed by atoms with Crippen LogP contribution in [0.2, 0.25) is 0 Å². The fourth-order valence-corrected chi connectivity index (χ4v) is 1.38. The minimum Gasteiger partial charge on any atom is -0.497 e. The first kappa shape index (κ1) is 14.8. The zero-order valence-electron chi connectivity index (χ0n) is 11.4. The molecule has 0 heterocycles. The second kappa shape index (κ2) is 7.93. The largest absolute Gasteiger partial charge is 0.497 e. The molecule has 0 bridgehead atoms. The molecule has 0 amide bonds. The molecular formula is C16H18O3. The zero-order chi connectivity index (χ0) is 14.1. The van der Waals surface area contributed by atoms with Crippen LogP contribution < -0.4 is 9.47 Å². The lowest BCUT2D eigenvalue weighted by Crippen LogP contribution is -2.07. The zero-order valence-corrected chi connectivity index (χ0v) is 11.4. The highest BCUT2D eigenvalue weighted by molar-refractivity contribution is 5.90. The Morgan fingerprint density at radius 2 is 1.37 bits per heavy atom. The summed E-state index contributed by atoms with van der Waals surface area (Å²) in [7, 11) is 1.59. The van der Waals surface area contributed by atoms with Crippen molar-refractivity contribution in [3.8, 4) is 11.5 Å². The van der Waals surface area contributed by atoms with Gasteiger partial charge in [-0.25, -0.2) is 4.79 Å². The summed E-state index contributed by atoms with van der Waals surface area (Å²) in [6.07, 6.45) is 0. The Morgan fingerprint density at radius 3 is 1.89 bits per heavy atom. The topological polar surface area (TPSA) is 35.5 Å². The summed E-state index contributed by atoms with van der Waals surface area (Å²) in [5.41, 5.74) is 0.531. The van der Waals surface area contributed by atoms with Gasteiger partial charge in [0.1, 0.15) is 11.5 Å². The highest BCUT2D eigenvalue weighted by Gasteiger charge is 2.07. The number of methoxy groups -OCH3 is 1. The molecule has 2 aromatic rings. The maximum atomic E-state index is 11.7. The van der Waals surface area contributed by atoms with E-state index in [1.165, 1.54) is 0 Å². The molecule has 0 aromatic heterocycles. The summed E-state index contributed by atoms with van der Waals surface area (Å²) in [6, 6.07) is 15.7. The minimum absolute atomic E-state index is 0.365. The van der Waals surface area contributed by atoms with Crippen molar-refractivity contribution in [3.63, 3.8) is 0 Å². The highest BCUT2D eigenvalue weighted by atomic mass is 16.5. The molecule has 19 heavy (non-hydrogen) atoms. The van der Waals surface area contributed by atoms with Crippen molar-refractivity contribution >= 4 is 5.97 Å². The number of hydrogen-bond donors (Lipinski definition) is 0. The third-order valence-electron chi connectivity index (χ3n) is 2.28. The molecule has 0 aliphatic carbocycles. The Hall–Kier alpha value is -2.29. The number of hydrogen-bond acceptors (Lipinski definition) is 3. The van der Waals surface area contributed by atoms with E-state index in [1.54, 1.807) is 55.6 Å². The van der Waals surface area contributed by atoms with Crippen LogP contribution in [0.1, 0.15) is 24.2 Å². The Morgan fingerprint density at radius 1 is 0.842 bits per heavy atom. The normalized spacial score (nSPS) is 9.00. The molecule has 0 fully saturated rings. The lowest BCUT2D eigenvalue weighted by Gasteiger charge is -2.05. The van der Waals surface area contributed by atoms with Crippen molar-refractivity contribution < 1.29 is 14.3 Å². The molecule has 0 unspecified atom stereocenters. The summed E-state index contributed by atoms with van der Waals surface area (Å²) >= 11 is 0. The Bertz CT molecular complexity index is 489. The van der Waals surface area contributed by atoms with E-state index in [0.29, 0.717) is 11.3 Å². The quantitative estimate of drug-likeness (QED) is 0.618. The Balaban J connectivity index is 0.000000861. The van der Waals surface area contributed by atoms with E-state index in [2.05, 4.69) is 0 Å². The summed E-state index contributed by atoms with van der Waals surface area (Å²) < 4.78 is 10.2. The molecule has 0 spiro atoms. The molecule has 0 aliphatic heterocycles. The first-order valence-corrected chi connectivity index (χ1v) is 6.21. The van der Waals surface area contributed by atoms with Gasteiger partial charge in [-0.2, -0.15) is 0 Å². The summed E-state index contributed by atoms with van der Waals surface area (Å²) in [4.78, 5) is 11.7. The van der Waals surface area contributed by atoms with Gasteiger partial charge in [-0.15, -0.1) is 0 Å². The second-order valence-corrected chi connectivity index (χ2v) is 3.43. The first-order valence-electron chi connectivity index (χ1n) is 6.21. The molecule has 2 aromatic carbocycles. The lowest BCUT2D eigenvalue weighted by atomic mass is 10.2. The van der Waals surface area contributed by atoms with Crippen LogP contribution in [0.25, 0.3) is 0 Å². The third kappa shape index (κ3) is 4.47. The third-order valence-corrected chi connectivity index (χ3v) is 2.28. The van der Waals surface area contributed by atoms with Crippen LogP contribution in [-0.4, -0.2) is 13.1 Å². The number of carbonyl (C=O) groups is 1. The van der Waals surface area contributed by atoms with Gasteiger partial charge in [-0.1, -0.05) is 32.0 Å². The molecular weight excluding hydrogens is 240 g/mol. The molecule has 0 radical (unpaired) electrons. The van der Waals surface area contributed by atoms with Gasteiger partial charge in [-0.05, 0) is 36.4 Å². The van der Waals surface area contributed by atoms with E-state index in [4.69, 9.17) is 9.47 Å². The first-order chi connectivity index (χ1) is 9.29. The van der Waals surface area contributed by atoms with Gasteiger partial charge < -0.3 is 9.47 Å². The molecule has 0 N–H and O–H groups in total. The van der Waals surface area contributed by atoms with Crippen LogP contribution in [-0.2, 0) is 0 Å². The van der Waals surface area contributed by atoms with E-state index in [0.717, 1.165) is 5.75 Å². The Kier molecular flexibility index (Phi) is 6.16. The van der Waals surface area contributed by atoms with Crippen molar-refractivity contribution in [2.24, 2.45) is 0 Å². The molecule has 0 aliphatic rings. The van der Waals surface area contributed by atoms with Gasteiger partial charge in [0.15, 0.2) is 0 Å². The molecule has 0 saturated heterocycles. The van der Waals surface area contributed by atoms with Gasteiger partial charge in [0, 0.05) is 0 Å². The predicted octanol–water partition coefficient (Wildman–Crippen LogP) is 3.94. The van der Waals surface area contributed by atoms with Gasteiger partial charge >= 0.3 is 5.97 Å². The van der Waals surface area contributed by atoms with Crippen LogP contribution in [0, 0.1) is 0 Å². The summed E-state index contributed by atoms with van der Waals surface area (Å²) in [5.74, 6) is 0.861. The maximum absolute atomic E-state index is 11.7. The number of carbonyl (C=O) groups excluding carboxylic acids is 1. The predicted molar refractivity (Wildman–Crippen MR) is 75.7 cm³/mol. The van der Waals surface area contributed by atoms with Crippen molar-refractivity contribution in [3.05, 3.63) is 60.2 Å². The van der Waals surface area contributed by atoms with E-state index in [9.17, 15) is 4.79 Å². The number of ether oxygens (including phenoxy) is 2. The van der Waals surface area contributed by atoms with Crippen molar-refractivity contribution in [2.75, 3.05) is 7.11 Å². The van der Waals surface area contributed by atoms with E-state index >= 15 is 0 Å². The molecule has 0 atom stereocenters. The van der Waals surface area contributed by atoms with Gasteiger partial charge in [0.25, 0.3) is 0 Å². The Labute approximate surface area is 113 Å². The standard InChI is InChI=1S/C14H12O3.C2H6/c1-16-12-7-9-13(10-8-12)17-14(15)11-5-3-2-4-6-11;1-2/h2-10H,1H3;1-2H3. The minimum atomic E-state index is -0.365. The molecule has 0 saturated carbocycles. The SMILES string of the molecule is CC.COc1ccc(OC(=O)c2ccccc2)cc1. The smallest absolute Gasteiger partial charge is 0.343 e. The fourth-order valence-electron chi connectivity index (χ4n) is 1.38. The van der Waals surface area contributed by atoms with E-state index < -0.39 is 0 Å². The van der Waals surface area contributed by atoms with Crippen molar-refractivity contribution in [1.29, 1.82) is 0 Å². The van der Waals surface area contributed by atoms with Crippen molar-refractivity contribution in [1.82, 2.24) is 0 Å². The molecule has 3 heteroatoms. The monoisotopic (exact) mass is 258 g/mol. The maximum Gasteiger partial charge on any atom is 0.343 e. The van der Waals surface area contributed by atoms with Crippen LogP contribution >= 0.6 is 0 Å². The number of esters is 1. The molecule has 100 valence electrons. The number of benzene rings is 2. The van der Waals surface area contributed by atoms with Crippen LogP contribution in [0.4, 0.5) is 0 Å². The van der Waals surface area contributed by atoms with Crippen LogP contribution in [0.15, 0.2) is 54.6 Å². The van der Waals surface area contributed by atoms with Gasteiger partial charge in [0.2, 0.25) is 0 Å². The van der Waals surface area contributed by atoms with E-state index in [-0.39, 0.29) is 5.97 Å². The molecule has 3 nitrogen and oxygen atoms in total. The molecule has 2 rings (SSSR count). The van der Waals surface area contributed by atoms with Gasteiger partial charge in [0.05, 0.1) is 12.7 Å². The van der Waals surface area contributed by atoms with Gasteiger partial charge in [-0.3, -0.25) is 0 Å². The number of rotatable bonds is 3. The average Bonchev–Trinajstić information content (AvgIpc) is 2.51. The fraction of sp³-hybridized carbons (Fsp3) is 0.188. The average molecular weight is 258 g/mol. The van der Waals surface area contributed by atoms with Crippen LogP contribution in [0.3, 0.4) is 0 Å². The van der Waals surface area contributed by atoms with Crippen molar-refractivity contribution in [2.45, 2.75) is 13.8 Å². The highest BCUT2D eigenvalue weighted by Crippen LogP contribution is 2.18. The second-order valence-electron chi connectivity index (χ2n) is 3.43. The lowest BCUT2D eigenvalue weighted by molar-refractivity contribution is 0.0734. The summed E-state index contributed by atoms with van der Waals surface area (Å²) in [5, 5.41) is 0. The van der Waals surface area contributed by atoms with E-state index in [1.807, 2.05) is 19.9 Å². The summed E-state index contributed by atoms with van der Waals surface area (Å²) in [6.45, 7) is 4.00.